The van der Waals surface area contributed by atoms with Crippen molar-refractivity contribution in [1.82, 2.24) is 0 Å². The lowest BCUT2D eigenvalue weighted by molar-refractivity contribution is 0.340. The molecule has 0 amide bonds. The van der Waals surface area contributed by atoms with E-state index in [9.17, 15) is 5.26 Å². The number of hydrogen-bond donors (Lipinski definition) is 0. The highest BCUT2D eigenvalue weighted by Gasteiger charge is 2.09. The summed E-state index contributed by atoms with van der Waals surface area (Å²) in [7, 11) is 1.60. The fourth-order valence-electron chi connectivity index (χ4n) is 2.06. The molecule has 0 atom stereocenters. The molecule has 0 spiro atoms. The van der Waals surface area contributed by atoms with Gasteiger partial charge in [0.05, 0.1) is 35.4 Å². The number of rotatable bonds is 5. The maximum atomic E-state index is 9.40. The maximum absolute atomic E-state index is 9.40. The van der Waals surface area contributed by atoms with Gasteiger partial charge in [0.25, 0.3) is 0 Å². The minimum atomic E-state index is 0.414. The molecule has 0 saturated heterocycles. The van der Waals surface area contributed by atoms with Crippen molar-refractivity contribution in [3.8, 4) is 17.6 Å². The molecule has 0 radical (unpaired) electrons. The van der Waals surface area contributed by atoms with Crippen LogP contribution >= 0.6 is 23.2 Å². The quantitative estimate of drug-likeness (QED) is 0.532. The fourth-order valence-corrected chi connectivity index (χ4v) is 2.68. The van der Waals surface area contributed by atoms with Crippen LogP contribution in [0, 0.1) is 11.3 Å². The lowest BCUT2D eigenvalue weighted by Gasteiger charge is -2.09. The van der Waals surface area contributed by atoms with Crippen molar-refractivity contribution in [2.24, 2.45) is 0 Å². The molecule has 2 aromatic carbocycles. The van der Waals surface area contributed by atoms with E-state index in [1.807, 2.05) is 19.1 Å². The van der Waals surface area contributed by atoms with Crippen molar-refractivity contribution in [3.05, 3.63) is 57.6 Å². The van der Waals surface area contributed by atoms with Crippen LogP contribution in [-0.4, -0.2) is 13.7 Å². The molecule has 0 N–H and O–H groups in total. The fraction of sp³-hybridized carbons (Fsp3) is 0.167. The van der Waals surface area contributed by atoms with Crippen LogP contribution in [0.1, 0.15) is 18.1 Å². The van der Waals surface area contributed by atoms with Crippen molar-refractivity contribution in [1.29, 1.82) is 5.26 Å². The van der Waals surface area contributed by atoms with Gasteiger partial charge in [-0.25, -0.2) is 0 Å². The number of benzene rings is 2. The topological polar surface area (TPSA) is 42.2 Å². The second-order valence-corrected chi connectivity index (χ2v) is 5.46. The number of allylic oxidation sites excluding steroid dienone is 1. The molecule has 0 heterocycles. The van der Waals surface area contributed by atoms with Gasteiger partial charge in [-0.1, -0.05) is 23.2 Å². The summed E-state index contributed by atoms with van der Waals surface area (Å²) in [5.41, 5.74) is 2.02. The van der Waals surface area contributed by atoms with Crippen LogP contribution in [0.5, 0.6) is 11.5 Å². The highest BCUT2D eigenvalue weighted by molar-refractivity contribution is 6.37. The van der Waals surface area contributed by atoms with E-state index in [1.54, 1.807) is 37.5 Å². The zero-order chi connectivity index (χ0) is 16.8. The molecule has 118 valence electrons. The van der Waals surface area contributed by atoms with E-state index in [-0.39, 0.29) is 0 Å². The molecule has 0 saturated carbocycles. The number of hydrogen-bond acceptors (Lipinski definition) is 3. The van der Waals surface area contributed by atoms with E-state index in [4.69, 9.17) is 32.7 Å². The van der Waals surface area contributed by atoms with Crippen LogP contribution in [0.15, 0.2) is 36.4 Å². The first-order chi connectivity index (χ1) is 11.1. The third-order valence-corrected chi connectivity index (χ3v) is 3.70. The average Bonchev–Trinajstić information content (AvgIpc) is 2.56. The molecule has 0 aliphatic heterocycles. The Labute approximate surface area is 145 Å². The van der Waals surface area contributed by atoms with Crippen molar-refractivity contribution < 1.29 is 9.47 Å². The molecule has 0 aliphatic carbocycles. The van der Waals surface area contributed by atoms with Crippen LogP contribution in [0.3, 0.4) is 0 Å². The summed E-state index contributed by atoms with van der Waals surface area (Å²) >= 11 is 12.4. The van der Waals surface area contributed by atoms with Crippen LogP contribution in [0.4, 0.5) is 0 Å². The van der Waals surface area contributed by atoms with Gasteiger partial charge in [-0.05, 0) is 60.5 Å². The molecule has 5 heteroatoms. The van der Waals surface area contributed by atoms with Gasteiger partial charge in [0, 0.05) is 0 Å². The van der Waals surface area contributed by atoms with Crippen molar-refractivity contribution in [2.45, 2.75) is 6.92 Å². The average molecular weight is 348 g/mol. The number of methoxy groups -OCH3 is 1. The molecule has 0 fully saturated rings. The van der Waals surface area contributed by atoms with Crippen molar-refractivity contribution in [3.63, 3.8) is 0 Å². The van der Waals surface area contributed by atoms with Gasteiger partial charge in [0.15, 0.2) is 5.75 Å². The van der Waals surface area contributed by atoms with Gasteiger partial charge in [-0.2, -0.15) is 5.26 Å². The number of nitrogens with zero attached hydrogens (tertiary/aromatic N) is 1. The van der Waals surface area contributed by atoms with E-state index in [0.717, 1.165) is 16.9 Å². The summed E-state index contributed by atoms with van der Waals surface area (Å²) in [6, 6.07) is 12.9. The second kappa shape index (κ2) is 7.92. The Hall–Kier alpha value is -2.15. The largest absolute Gasteiger partial charge is 0.497 e. The van der Waals surface area contributed by atoms with Gasteiger partial charge < -0.3 is 9.47 Å². The molecular formula is C18H15Cl2NO2. The van der Waals surface area contributed by atoms with E-state index < -0.39 is 0 Å². The molecule has 3 nitrogen and oxygen atoms in total. The lowest BCUT2D eigenvalue weighted by Crippen LogP contribution is -1.93. The van der Waals surface area contributed by atoms with Crippen molar-refractivity contribution in [2.75, 3.05) is 13.7 Å². The number of nitriles is 1. The molecular weight excluding hydrogens is 333 g/mol. The first kappa shape index (κ1) is 17.2. The molecule has 23 heavy (non-hydrogen) atoms. The van der Waals surface area contributed by atoms with Gasteiger partial charge in [0.2, 0.25) is 0 Å². The Balaban J connectivity index is 2.39. The van der Waals surface area contributed by atoms with Crippen LogP contribution in [0.2, 0.25) is 10.0 Å². The Morgan fingerprint density at radius 3 is 2.26 bits per heavy atom. The number of ether oxygens (including phenoxy) is 2. The summed E-state index contributed by atoms with van der Waals surface area (Å²) in [6.45, 7) is 2.34. The summed E-state index contributed by atoms with van der Waals surface area (Å²) < 4.78 is 10.5. The summed E-state index contributed by atoms with van der Waals surface area (Å²) in [4.78, 5) is 0. The Kier molecular flexibility index (Phi) is 5.92. The summed E-state index contributed by atoms with van der Waals surface area (Å²) in [5.74, 6) is 1.19. The van der Waals surface area contributed by atoms with Crippen molar-refractivity contribution >= 4 is 34.9 Å². The molecule has 2 rings (SSSR count). The monoisotopic (exact) mass is 347 g/mol. The smallest absolute Gasteiger partial charge is 0.156 e. The maximum Gasteiger partial charge on any atom is 0.156 e. The predicted molar refractivity (Wildman–Crippen MR) is 94.1 cm³/mol. The Morgan fingerprint density at radius 1 is 1.17 bits per heavy atom. The van der Waals surface area contributed by atoms with Gasteiger partial charge in [0.1, 0.15) is 5.75 Å². The Bertz CT molecular complexity index is 739. The highest BCUT2D eigenvalue weighted by atomic mass is 35.5. The minimum absolute atomic E-state index is 0.414. The SMILES string of the molecule is CCOc1c(Cl)cc(/C=C(\C#N)c2ccc(OC)cc2)cc1Cl. The molecule has 0 unspecified atom stereocenters. The first-order valence-corrected chi connectivity index (χ1v) is 7.72. The predicted octanol–water partition coefficient (Wildman–Crippen LogP) is 5.46. The molecule has 0 bridgehead atoms. The third kappa shape index (κ3) is 4.19. The van der Waals surface area contributed by atoms with Gasteiger partial charge in [-0.15, -0.1) is 0 Å². The van der Waals surface area contributed by atoms with E-state index >= 15 is 0 Å². The van der Waals surface area contributed by atoms with Gasteiger partial charge in [-0.3, -0.25) is 0 Å². The first-order valence-electron chi connectivity index (χ1n) is 6.97. The zero-order valence-electron chi connectivity index (χ0n) is 12.8. The third-order valence-electron chi connectivity index (χ3n) is 3.14. The second-order valence-electron chi connectivity index (χ2n) is 4.65. The lowest BCUT2D eigenvalue weighted by atomic mass is 10.0. The summed E-state index contributed by atoms with van der Waals surface area (Å²) in [6.07, 6.45) is 1.73. The van der Waals surface area contributed by atoms with Crippen LogP contribution in [0.25, 0.3) is 11.6 Å². The van der Waals surface area contributed by atoms with E-state index in [2.05, 4.69) is 6.07 Å². The van der Waals surface area contributed by atoms with Gasteiger partial charge >= 0.3 is 0 Å². The highest BCUT2D eigenvalue weighted by Crippen LogP contribution is 2.35. The standard InChI is InChI=1S/C18H15Cl2NO2/c1-3-23-18-16(19)9-12(10-17(18)20)8-14(11-21)13-4-6-15(22-2)7-5-13/h4-10H,3H2,1-2H3/b14-8+. The normalized spacial score (nSPS) is 11.0. The number of halogens is 2. The zero-order valence-corrected chi connectivity index (χ0v) is 14.3. The van der Waals surface area contributed by atoms with E-state index in [1.165, 1.54) is 0 Å². The molecule has 2 aromatic rings. The summed E-state index contributed by atoms with van der Waals surface area (Å²) in [5, 5.41) is 10.2. The Morgan fingerprint density at radius 2 is 1.78 bits per heavy atom. The minimum Gasteiger partial charge on any atom is -0.497 e. The molecule has 0 aliphatic rings. The van der Waals surface area contributed by atoms with E-state index in [0.29, 0.717) is 28.0 Å². The molecule has 0 aromatic heterocycles. The van der Waals surface area contributed by atoms with Crippen LogP contribution in [-0.2, 0) is 0 Å². The van der Waals surface area contributed by atoms with Crippen LogP contribution < -0.4 is 9.47 Å².